The van der Waals surface area contributed by atoms with Crippen LogP contribution in [0.15, 0.2) is 48.8 Å². The summed E-state index contributed by atoms with van der Waals surface area (Å²) in [5.41, 5.74) is 0.376. The molecular weight excluding hydrogens is 244 g/mol. The van der Waals surface area contributed by atoms with Crippen molar-refractivity contribution in [2.24, 2.45) is 0 Å². The van der Waals surface area contributed by atoms with Gasteiger partial charge in [-0.25, -0.2) is 9.59 Å². The second kappa shape index (κ2) is 4.39. The van der Waals surface area contributed by atoms with Crippen LogP contribution in [-0.2, 0) is 6.42 Å². The predicted octanol–water partition coefficient (Wildman–Crippen LogP) is 2.85. The van der Waals surface area contributed by atoms with Gasteiger partial charge >= 0.3 is 11.3 Å². The Balaban J connectivity index is 2.49. The monoisotopic (exact) mass is 256 g/mol. The van der Waals surface area contributed by atoms with E-state index < -0.39 is 5.63 Å². The molecule has 2 heterocycles. The summed E-state index contributed by atoms with van der Waals surface area (Å²) in [6, 6.07) is 8.60. The third-order valence-corrected chi connectivity index (χ3v) is 3.09. The summed E-state index contributed by atoms with van der Waals surface area (Å²) in [4.78, 5) is 23.8. The molecule has 0 atom stereocenters. The van der Waals surface area contributed by atoms with Crippen molar-refractivity contribution in [1.29, 1.82) is 0 Å². The fraction of sp³-hybridized carbons (Fsp3) is 0.200. The smallest absolute Gasteiger partial charge is 0.347 e. The molecule has 0 aliphatic heterocycles. The number of fused-ring (bicyclic) bond motifs is 3. The molecule has 4 nitrogen and oxygen atoms in total. The lowest BCUT2D eigenvalue weighted by Gasteiger charge is -2.02. The number of benzene rings is 1. The van der Waals surface area contributed by atoms with E-state index in [2.05, 4.69) is 0 Å². The van der Waals surface area contributed by atoms with Crippen molar-refractivity contribution in [3.63, 3.8) is 0 Å². The molecule has 0 unspecified atom stereocenters. The van der Waals surface area contributed by atoms with Crippen LogP contribution < -0.4 is 11.3 Å². The van der Waals surface area contributed by atoms with Gasteiger partial charge in [-0.15, -0.1) is 0 Å². The fourth-order valence-electron chi connectivity index (χ4n) is 2.21. The maximum absolute atomic E-state index is 11.9. The normalized spacial score (nSPS) is 11.2. The van der Waals surface area contributed by atoms with Gasteiger partial charge in [-0.2, -0.15) is 0 Å². The van der Waals surface area contributed by atoms with E-state index in [0.29, 0.717) is 33.9 Å². The van der Waals surface area contributed by atoms with Crippen LogP contribution in [0.3, 0.4) is 0 Å². The standard InChI is InChI=1S/C15H12O4/c1-2-5-9-8-11-13(19-14(9)16)10-6-3-4-7-12(10)18-15(11)17/h3-4,6-8H,2,5H2,1H3. The lowest BCUT2D eigenvalue weighted by molar-refractivity contribution is 0.535. The number of hydrogen-bond acceptors (Lipinski definition) is 4. The van der Waals surface area contributed by atoms with Crippen molar-refractivity contribution in [2.75, 3.05) is 0 Å². The Bertz CT molecular complexity index is 871. The van der Waals surface area contributed by atoms with Gasteiger partial charge in [-0.1, -0.05) is 25.5 Å². The highest BCUT2D eigenvalue weighted by Crippen LogP contribution is 2.21. The average molecular weight is 256 g/mol. The molecule has 3 aromatic rings. The highest BCUT2D eigenvalue weighted by atomic mass is 16.4. The first-order chi connectivity index (χ1) is 9.20. The summed E-state index contributed by atoms with van der Waals surface area (Å²) >= 11 is 0. The van der Waals surface area contributed by atoms with Crippen molar-refractivity contribution in [2.45, 2.75) is 19.8 Å². The van der Waals surface area contributed by atoms with Gasteiger partial charge in [0.05, 0.1) is 5.39 Å². The minimum Gasteiger partial charge on any atom is -0.422 e. The Hall–Kier alpha value is -2.36. The summed E-state index contributed by atoms with van der Waals surface area (Å²) in [5.74, 6) is 0. The van der Waals surface area contributed by atoms with E-state index in [1.807, 2.05) is 13.0 Å². The van der Waals surface area contributed by atoms with Gasteiger partial charge in [0.15, 0.2) is 5.58 Å². The molecule has 0 spiro atoms. The number of aryl methyl sites for hydroxylation is 1. The Kier molecular flexibility index (Phi) is 2.71. The molecule has 0 N–H and O–H groups in total. The Morgan fingerprint density at radius 1 is 1.00 bits per heavy atom. The van der Waals surface area contributed by atoms with Gasteiger partial charge in [-0.05, 0) is 24.6 Å². The molecule has 0 radical (unpaired) electrons. The molecule has 0 aliphatic carbocycles. The highest BCUT2D eigenvalue weighted by molar-refractivity contribution is 6.00. The molecule has 0 fully saturated rings. The van der Waals surface area contributed by atoms with Gasteiger partial charge < -0.3 is 8.83 Å². The third-order valence-electron chi connectivity index (χ3n) is 3.09. The van der Waals surface area contributed by atoms with E-state index in [-0.39, 0.29) is 5.63 Å². The van der Waals surface area contributed by atoms with E-state index in [1.54, 1.807) is 24.3 Å². The zero-order valence-corrected chi connectivity index (χ0v) is 10.4. The first-order valence-electron chi connectivity index (χ1n) is 6.19. The van der Waals surface area contributed by atoms with E-state index in [9.17, 15) is 9.59 Å². The van der Waals surface area contributed by atoms with E-state index in [0.717, 1.165) is 6.42 Å². The maximum Gasteiger partial charge on any atom is 0.347 e. The molecule has 0 amide bonds. The number of para-hydroxylation sites is 1. The number of rotatable bonds is 2. The van der Waals surface area contributed by atoms with Crippen molar-refractivity contribution >= 4 is 21.9 Å². The van der Waals surface area contributed by atoms with Crippen LogP contribution in [0.1, 0.15) is 18.9 Å². The Morgan fingerprint density at radius 3 is 2.58 bits per heavy atom. The summed E-state index contributed by atoms with van der Waals surface area (Å²) < 4.78 is 10.6. The summed E-state index contributed by atoms with van der Waals surface area (Å²) in [5, 5.41) is 0.957. The SMILES string of the molecule is CCCc1cc2c(=O)oc3ccccc3c2oc1=O. The number of hydrogen-bond donors (Lipinski definition) is 0. The second-order valence-electron chi connectivity index (χ2n) is 4.44. The van der Waals surface area contributed by atoms with Crippen LogP contribution in [0, 0.1) is 0 Å². The van der Waals surface area contributed by atoms with E-state index >= 15 is 0 Å². The van der Waals surface area contributed by atoms with Crippen LogP contribution in [0.4, 0.5) is 0 Å². The van der Waals surface area contributed by atoms with Gasteiger partial charge in [-0.3, -0.25) is 0 Å². The lowest BCUT2D eigenvalue weighted by Crippen LogP contribution is -2.10. The summed E-state index contributed by atoms with van der Waals surface area (Å²) in [6.07, 6.45) is 1.40. The Labute approximate surface area is 108 Å². The molecule has 0 aliphatic rings. The summed E-state index contributed by atoms with van der Waals surface area (Å²) in [7, 11) is 0. The van der Waals surface area contributed by atoms with Crippen LogP contribution in [0.2, 0.25) is 0 Å². The van der Waals surface area contributed by atoms with Crippen LogP contribution in [-0.4, -0.2) is 0 Å². The van der Waals surface area contributed by atoms with Gasteiger partial charge in [0.25, 0.3) is 0 Å². The molecule has 0 saturated heterocycles. The second-order valence-corrected chi connectivity index (χ2v) is 4.44. The van der Waals surface area contributed by atoms with Crippen molar-refractivity contribution in [3.05, 3.63) is 56.7 Å². The van der Waals surface area contributed by atoms with Gasteiger partial charge in [0, 0.05) is 5.56 Å². The maximum atomic E-state index is 11.9. The van der Waals surface area contributed by atoms with Crippen molar-refractivity contribution in [3.8, 4) is 0 Å². The zero-order chi connectivity index (χ0) is 13.4. The quantitative estimate of drug-likeness (QED) is 0.522. The minimum atomic E-state index is -0.477. The molecule has 96 valence electrons. The molecular formula is C15H12O4. The van der Waals surface area contributed by atoms with Crippen molar-refractivity contribution < 1.29 is 8.83 Å². The van der Waals surface area contributed by atoms with Crippen LogP contribution in [0.5, 0.6) is 0 Å². The van der Waals surface area contributed by atoms with E-state index in [4.69, 9.17) is 8.83 Å². The van der Waals surface area contributed by atoms with Crippen LogP contribution in [0.25, 0.3) is 21.9 Å². The summed E-state index contributed by atoms with van der Waals surface area (Å²) in [6.45, 7) is 1.96. The minimum absolute atomic E-state index is 0.303. The molecule has 2 aromatic heterocycles. The zero-order valence-electron chi connectivity index (χ0n) is 10.4. The topological polar surface area (TPSA) is 60.4 Å². The average Bonchev–Trinajstić information content (AvgIpc) is 2.41. The lowest BCUT2D eigenvalue weighted by atomic mass is 10.1. The van der Waals surface area contributed by atoms with Crippen LogP contribution >= 0.6 is 0 Å². The first-order valence-corrected chi connectivity index (χ1v) is 6.19. The predicted molar refractivity (Wildman–Crippen MR) is 72.5 cm³/mol. The molecule has 1 aromatic carbocycles. The largest absolute Gasteiger partial charge is 0.422 e. The van der Waals surface area contributed by atoms with Crippen molar-refractivity contribution in [1.82, 2.24) is 0 Å². The Morgan fingerprint density at radius 2 is 1.79 bits per heavy atom. The van der Waals surface area contributed by atoms with Gasteiger partial charge in [0.1, 0.15) is 11.0 Å². The highest BCUT2D eigenvalue weighted by Gasteiger charge is 2.12. The molecule has 0 saturated carbocycles. The van der Waals surface area contributed by atoms with E-state index in [1.165, 1.54) is 0 Å². The fourth-order valence-corrected chi connectivity index (χ4v) is 2.21. The first kappa shape index (κ1) is 11.7. The molecule has 4 heteroatoms. The molecule has 0 bridgehead atoms. The molecule has 3 rings (SSSR count). The van der Waals surface area contributed by atoms with Gasteiger partial charge in [0.2, 0.25) is 0 Å². The third kappa shape index (κ3) is 1.85. The molecule has 19 heavy (non-hydrogen) atoms.